The fourth-order valence-corrected chi connectivity index (χ4v) is 1.77. The molecule has 74 valence electrons. The summed E-state index contributed by atoms with van der Waals surface area (Å²) in [5, 5.41) is 9.66. The van der Waals surface area contributed by atoms with Crippen molar-refractivity contribution in [2.24, 2.45) is 0 Å². The van der Waals surface area contributed by atoms with E-state index in [4.69, 9.17) is 9.68 Å². The van der Waals surface area contributed by atoms with Crippen molar-refractivity contribution in [3.63, 3.8) is 0 Å². The van der Waals surface area contributed by atoms with Crippen molar-refractivity contribution >= 4 is 15.9 Å². The van der Waals surface area contributed by atoms with Crippen molar-refractivity contribution in [3.05, 3.63) is 47.9 Å². The third-order valence-corrected chi connectivity index (χ3v) is 2.83. The zero-order valence-electron chi connectivity index (χ0n) is 7.90. The van der Waals surface area contributed by atoms with Gasteiger partial charge in [-0.1, -0.05) is 40.2 Å². The molecule has 1 heterocycles. The van der Waals surface area contributed by atoms with Gasteiger partial charge in [0, 0.05) is 10.9 Å². The molecule has 0 fully saturated rings. The first kappa shape index (κ1) is 10.0. The van der Waals surface area contributed by atoms with E-state index in [9.17, 15) is 0 Å². The predicted molar refractivity (Wildman–Crippen MR) is 61.5 cm³/mol. The van der Waals surface area contributed by atoms with Crippen LogP contribution in [0.5, 0.6) is 0 Å². The van der Waals surface area contributed by atoms with E-state index in [1.807, 2.05) is 36.4 Å². The van der Waals surface area contributed by atoms with E-state index in [0.29, 0.717) is 5.76 Å². The van der Waals surface area contributed by atoms with E-state index in [1.54, 1.807) is 0 Å². The molecule has 0 saturated heterocycles. The molecule has 0 aliphatic heterocycles. The number of hydrogen-bond donors (Lipinski definition) is 0. The highest BCUT2D eigenvalue weighted by Gasteiger charge is 2.07. The molecule has 0 spiro atoms. The minimum absolute atomic E-state index is 0.363. The fraction of sp³-hybridized carbons (Fsp3) is 0.0833. The van der Waals surface area contributed by atoms with Gasteiger partial charge in [0.25, 0.3) is 0 Å². The quantitative estimate of drug-likeness (QED) is 0.773. The Labute approximate surface area is 96.3 Å². The van der Waals surface area contributed by atoms with Crippen molar-refractivity contribution in [3.8, 4) is 17.2 Å². The van der Waals surface area contributed by atoms with Crippen molar-refractivity contribution < 1.29 is 4.42 Å². The Balaban J connectivity index is 2.42. The van der Waals surface area contributed by atoms with E-state index < -0.39 is 0 Å². The molecule has 0 aliphatic carbocycles. The second kappa shape index (κ2) is 4.33. The van der Waals surface area contributed by atoms with Crippen molar-refractivity contribution in [1.29, 1.82) is 5.26 Å². The third kappa shape index (κ3) is 1.95. The van der Waals surface area contributed by atoms with Crippen LogP contribution < -0.4 is 0 Å². The summed E-state index contributed by atoms with van der Waals surface area (Å²) in [5.74, 6) is 0.363. The Kier molecular flexibility index (Phi) is 2.89. The summed E-state index contributed by atoms with van der Waals surface area (Å²) in [4.78, 5) is 0. The van der Waals surface area contributed by atoms with Crippen LogP contribution in [-0.4, -0.2) is 0 Å². The molecule has 2 rings (SSSR count). The number of nitriles is 1. The molecule has 0 amide bonds. The minimum atomic E-state index is 0.363. The van der Waals surface area contributed by atoms with E-state index in [0.717, 1.165) is 16.5 Å². The van der Waals surface area contributed by atoms with Crippen LogP contribution in [0.25, 0.3) is 11.1 Å². The summed E-state index contributed by atoms with van der Waals surface area (Å²) in [6.07, 6.45) is 1.53. The standard InChI is InChI=1S/C12H8BrNO/c13-7-9-1-3-10(4-2-9)11-5-6-15-12(11)8-14/h1-6H,7H2. The number of alkyl halides is 1. The SMILES string of the molecule is N#Cc1occc1-c1ccc(CBr)cc1. The Bertz CT molecular complexity index is 493. The normalized spacial score (nSPS) is 9.87. The largest absolute Gasteiger partial charge is 0.453 e. The summed E-state index contributed by atoms with van der Waals surface area (Å²) >= 11 is 3.39. The molecule has 0 N–H and O–H groups in total. The maximum absolute atomic E-state index is 8.82. The Morgan fingerprint density at radius 2 is 1.93 bits per heavy atom. The number of benzene rings is 1. The van der Waals surface area contributed by atoms with Gasteiger partial charge in [-0.3, -0.25) is 0 Å². The molecule has 0 bridgehead atoms. The average molecular weight is 262 g/mol. The van der Waals surface area contributed by atoms with Gasteiger partial charge in [-0.05, 0) is 17.2 Å². The van der Waals surface area contributed by atoms with E-state index in [-0.39, 0.29) is 0 Å². The van der Waals surface area contributed by atoms with Crippen LogP contribution in [0.3, 0.4) is 0 Å². The summed E-state index contributed by atoms with van der Waals surface area (Å²) in [6, 6.07) is 11.9. The molecule has 0 saturated carbocycles. The van der Waals surface area contributed by atoms with Gasteiger partial charge < -0.3 is 4.42 Å². The van der Waals surface area contributed by atoms with Crippen molar-refractivity contribution in [2.75, 3.05) is 0 Å². The van der Waals surface area contributed by atoms with Gasteiger partial charge in [0.1, 0.15) is 6.07 Å². The summed E-state index contributed by atoms with van der Waals surface area (Å²) in [6.45, 7) is 0. The number of nitrogens with zero attached hydrogens (tertiary/aromatic N) is 1. The molecule has 0 aliphatic rings. The molecule has 3 heteroatoms. The third-order valence-electron chi connectivity index (χ3n) is 2.19. The molecule has 1 aromatic heterocycles. The summed E-state index contributed by atoms with van der Waals surface area (Å²) in [7, 11) is 0. The average Bonchev–Trinajstić information content (AvgIpc) is 2.77. The Hall–Kier alpha value is -1.53. The number of halogens is 1. The number of hydrogen-bond acceptors (Lipinski definition) is 2. The zero-order chi connectivity index (χ0) is 10.7. The van der Waals surface area contributed by atoms with Gasteiger partial charge in [-0.25, -0.2) is 0 Å². The molecule has 1 aromatic carbocycles. The van der Waals surface area contributed by atoms with Gasteiger partial charge in [-0.15, -0.1) is 0 Å². The second-order valence-corrected chi connectivity index (χ2v) is 3.67. The highest BCUT2D eigenvalue weighted by molar-refractivity contribution is 9.08. The predicted octanol–water partition coefficient (Wildman–Crippen LogP) is 3.71. The lowest BCUT2D eigenvalue weighted by molar-refractivity contribution is 0.553. The number of furan rings is 1. The smallest absolute Gasteiger partial charge is 0.211 e. The summed E-state index contributed by atoms with van der Waals surface area (Å²) in [5.41, 5.74) is 3.06. The lowest BCUT2D eigenvalue weighted by Crippen LogP contribution is -1.80. The lowest BCUT2D eigenvalue weighted by atomic mass is 10.1. The highest BCUT2D eigenvalue weighted by atomic mass is 79.9. The van der Waals surface area contributed by atoms with Gasteiger partial charge in [0.2, 0.25) is 5.76 Å². The maximum atomic E-state index is 8.82. The molecule has 0 atom stereocenters. The Morgan fingerprint density at radius 3 is 2.53 bits per heavy atom. The van der Waals surface area contributed by atoms with E-state index in [1.165, 1.54) is 11.8 Å². The van der Waals surface area contributed by atoms with Gasteiger partial charge in [-0.2, -0.15) is 5.26 Å². The summed E-state index contributed by atoms with van der Waals surface area (Å²) < 4.78 is 5.05. The fourth-order valence-electron chi connectivity index (χ4n) is 1.40. The van der Waals surface area contributed by atoms with Crippen molar-refractivity contribution in [2.45, 2.75) is 5.33 Å². The molecule has 2 nitrogen and oxygen atoms in total. The van der Waals surface area contributed by atoms with Gasteiger partial charge in [0.15, 0.2) is 0 Å². The second-order valence-electron chi connectivity index (χ2n) is 3.11. The highest BCUT2D eigenvalue weighted by Crippen LogP contribution is 2.24. The number of rotatable bonds is 2. The Morgan fingerprint density at radius 1 is 1.20 bits per heavy atom. The van der Waals surface area contributed by atoms with Crippen LogP contribution >= 0.6 is 15.9 Å². The molecule has 0 unspecified atom stereocenters. The van der Waals surface area contributed by atoms with E-state index >= 15 is 0 Å². The van der Waals surface area contributed by atoms with E-state index in [2.05, 4.69) is 15.9 Å². The van der Waals surface area contributed by atoms with Crippen LogP contribution in [-0.2, 0) is 5.33 Å². The molecular formula is C12H8BrNO. The first-order chi connectivity index (χ1) is 7.35. The maximum Gasteiger partial charge on any atom is 0.211 e. The lowest BCUT2D eigenvalue weighted by Gasteiger charge is -1.99. The van der Waals surface area contributed by atoms with Gasteiger partial charge >= 0.3 is 0 Å². The van der Waals surface area contributed by atoms with Gasteiger partial charge in [0.05, 0.1) is 6.26 Å². The van der Waals surface area contributed by atoms with Crippen LogP contribution in [0.2, 0.25) is 0 Å². The zero-order valence-corrected chi connectivity index (χ0v) is 9.49. The molecule has 2 aromatic rings. The van der Waals surface area contributed by atoms with Crippen LogP contribution in [0.4, 0.5) is 0 Å². The van der Waals surface area contributed by atoms with Crippen LogP contribution in [0.1, 0.15) is 11.3 Å². The first-order valence-electron chi connectivity index (χ1n) is 4.48. The van der Waals surface area contributed by atoms with Crippen LogP contribution in [0, 0.1) is 11.3 Å². The first-order valence-corrected chi connectivity index (χ1v) is 5.60. The molecular weight excluding hydrogens is 254 g/mol. The molecule has 0 radical (unpaired) electrons. The van der Waals surface area contributed by atoms with Crippen molar-refractivity contribution in [1.82, 2.24) is 0 Å². The monoisotopic (exact) mass is 261 g/mol. The topological polar surface area (TPSA) is 36.9 Å². The molecule has 15 heavy (non-hydrogen) atoms. The minimum Gasteiger partial charge on any atom is -0.453 e. The van der Waals surface area contributed by atoms with Crippen LogP contribution in [0.15, 0.2) is 41.0 Å².